The highest BCUT2D eigenvalue weighted by molar-refractivity contribution is 5.98. The first kappa shape index (κ1) is 26.4. The van der Waals surface area contributed by atoms with Gasteiger partial charge >= 0.3 is 0 Å². The molecule has 0 saturated heterocycles. The summed E-state index contributed by atoms with van der Waals surface area (Å²) in [4.78, 5) is 21.0. The summed E-state index contributed by atoms with van der Waals surface area (Å²) in [7, 11) is 0. The van der Waals surface area contributed by atoms with Crippen molar-refractivity contribution in [3.8, 4) is 6.07 Å². The van der Waals surface area contributed by atoms with Crippen LogP contribution in [0.3, 0.4) is 0 Å². The molecule has 1 aromatic heterocycles. The van der Waals surface area contributed by atoms with Crippen LogP contribution in [0.5, 0.6) is 0 Å². The third-order valence-electron chi connectivity index (χ3n) is 7.53. The summed E-state index contributed by atoms with van der Waals surface area (Å²) in [5, 5.41) is 9.97. The van der Waals surface area contributed by atoms with E-state index in [0.717, 1.165) is 11.1 Å². The normalized spacial score (nSPS) is 17.1. The predicted molar refractivity (Wildman–Crippen MR) is 157 cm³/mol. The van der Waals surface area contributed by atoms with Gasteiger partial charge in [0.1, 0.15) is 17.6 Å². The lowest BCUT2D eigenvalue weighted by molar-refractivity contribution is -0.0263. The first-order valence-corrected chi connectivity index (χ1v) is 13.9. The van der Waals surface area contributed by atoms with Crippen molar-refractivity contribution in [2.45, 2.75) is 39.0 Å². The van der Waals surface area contributed by atoms with E-state index in [1.54, 1.807) is 24.5 Å². The molecule has 7 nitrogen and oxygen atoms in total. The lowest BCUT2D eigenvalue weighted by Gasteiger charge is -2.33. The summed E-state index contributed by atoms with van der Waals surface area (Å²) >= 11 is 0. The van der Waals surface area contributed by atoms with Gasteiger partial charge in [0.2, 0.25) is 12.0 Å². The molecule has 3 aromatic carbocycles. The van der Waals surface area contributed by atoms with Crippen molar-refractivity contribution in [1.29, 1.82) is 5.26 Å². The van der Waals surface area contributed by atoms with Gasteiger partial charge in [-0.15, -0.1) is 0 Å². The van der Waals surface area contributed by atoms with E-state index in [2.05, 4.69) is 24.8 Å². The van der Waals surface area contributed by atoms with E-state index in [9.17, 15) is 10.1 Å². The van der Waals surface area contributed by atoms with Crippen LogP contribution in [0.1, 0.15) is 47.9 Å². The van der Waals surface area contributed by atoms with Gasteiger partial charge in [-0.1, -0.05) is 74.5 Å². The Labute approximate surface area is 239 Å². The molecule has 0 bridgehead atoms. The van der Waals surface area contributed by atoms with E-state index in [1.165, 1.54) is 0 Å². The van der Waals surface area contributed by atoms with Crippen LogP contribution >= 0.6 is 0 Å². The first-order chi connectivity index (χ1) is 20.0. The predicted octanol–water partition coefficient (Wildman–Crippen LogP) is 6.12. The Morgan fingerprint density at radius 1 is 1.02 bits per heavy atom. The third kappa shape index (κ3) is 5.33. The highest BCUT2D eigenvalue weighted by Crippen LogP contribution is 2.36. The molecule has 2 aliphatic heterocycles. The van der Waals surface area contributed by atoms with Crippen LogP contribution in [0.25, 0.3) is 11.0 Å². The average Bonchev–Trinajstić information content (AvgIpc) is 3.65. The molecule has 0 amide bonds. The number of rotatable bonds is 8. The fourth-order valence-electron chi connectivity index (χ4n) is 5.62. The summed E-state index contributed by atoms with van der Waals surface area (Å²) in [5.41, 5.74) is 3.52. The zero-order valence-electron chi connectivity index (χ0n) is 23.1. The van der Waals surface area contributed by atoms with Crippen LogP contribution in [0, 0.1) is 17.2 Å². The van der Waals surface area contributed by atoms with E-state index in [-0.39, 0.29) is 17.4 Å². The average molecular weight is 546 g/mol. The fourth-order valence-corrected chi connectivity index (χ4v) is 5.62. The summed E-state index contributed by atoms with van der Waals surface area (Å²) < 4.78 is 18.7. The smallest absolute Gasteiger partial charge is 0.244 e. The van der Waals surface area contributed by atoms with Crippen molar-refractivity contribution >= 4 is 16.8 Å². The maximum atomic E-state index is 14.0. The molecule has 2 atom stereocenters. The second kappa shape index (κ2) is 11.3. The molecule has 0 fully saturated rings. The number of hydrogen-bond acceptors (Lipinski definition) is 7. The number of fused-ring (bicyclic) bond motifs is 1. The van der Waals surface area contributed by atoms with E-state index >= 15 is 0 Å². The standard InChI is InChI=1S/C34H31N3O4/c1-22(2)31(37-16-15-36-34(37)29-21-39-30(40-29)19-24-11-7-4-8-12-24)33-27(17-23-9-5-3-6-10-23)32(38)26-14-13-25(20-35)18-28(26)41-33/h3-14,18,21-22,30-31H,15-17,19H2,1-2H3. The number of hydrogen-bond donors (Lipinski definition) is 0. The molecule has 206 valence electrons. The van der Waals surface area contributed by atoms with E-state index < -0.39 is 6.29 Å². The Bertz CT molecular complexity index is 1720. The van der Waals surface area contributed by atoms with Gasteiger partial charge in [0, 0.05) is 24.9 Å². The quantitative estimate of drug-likeness (QED) is 0.265. The molecule has 4 aromatic rings. The van der Waals surface area contributed by atoms with Crippen LogP contribution in [-0.2, 0) is 22.3 Å². The van der Waals surface area contributed by atoms with Crippen molar-refractivity contribution in [2.24, 2.45) is 10.9 Å². The molecule has 2 unspecified atom stereocenters. The van der Waals surface area contributed by atoms with Crippen molar-refractivity contribution in [2.75, 3.05) is 13.1 Å². The number of aliphatic imine (C=N–C) groups is 1. The topological polar surface area (TPSA) is 88.1 Å². The largest absolute Gasteiger partial charge is 0.458 e. The molecule has 0 N–H and O–H groups in total. The zero-order valence-corrected chi connectivity index (χ0v) is 23.1. The van der Waals surface area contributed by atoms with Crippen molar-refractivity contribution in [1.82, 2.24) is 4.90 Å². The van der Waals surface area contributed by atoms with Gasteiger partial charge < -0.3 is 18.8 Å². The number of ether oxygens (including phenoxy) is 2. The van der Waals surface area contributed by atoms with Gasteiger partial charge in [0.15, 0.2) is 11.3 Å². The Morgan fingerprint density at radius 2 is 1.76 bits per heavy atom. The monoisotopic (exact) mass is 545 g/mol. The summed E-state index contributed by atoms with van der Waals surface area (Å²) in [6.45, 7) is 5.46. The zero-order chi connectivity index (χ0) is 28.3. The van der Waals surface area contributed by atoms with E-state index in [4.69, 9.17) is 18.9 Å². The lowest BCUT2D eigenvalue weighted by Crippen LogP contribution is -2.37. The minimum absolute atomic E-state index is 0.0654. The van der Waals surface area contributed by atoms with Gasteiger partial charge in [-0.25, -0.2) is 0 Å². The molecule has 6 rings (SSSR count). The highest BCUT2D eigenvalue weighted by atomic mass is 16.7. The molecule has 0 aliphatic carbocycles. The Kier molecular flexibility index (Phi) is 7.30. The van der Waals surface area contributed by atoms with Crippen molar-refractivity contribution < 1.29 is 13.9 Å². The molecule has 2 aliphatic rings. The van der Waals surface area contributed by atoms with E-state index in [0.29, 0.717) is 65.4 Å². The molecule has 0 saturated carbocycles. The van der Waals surface area contributed by atoms with E-state index in [1.807, 2.05) is 60.7 Å². The van der Waals surface area contributed by atoms with Gasteiger partial charge in [0.25, 0.3) is 0 Å². The molecule has 41 heavy (non-hydrogen) atoms. The van der Waals surface area contributed by atoms with Gasteiger partial charge in [0.05, 0.1) is 29.6 Å². The van der Waals surface area contributed by atoms with Gasteiger partial charge in [-0.2, -0.15) is 5.26 Å². The first-order valence-electron chi connectivity index (χ1n) is 13.9. The molecular formula is C34H31N3O4. The maximum absolute atomic E-state index is 14.0. The minimum atomic E-state index is -0.438. The Balaban J connectivity index is 1.38. The summed E-state index contributed by atoms with van der Waals surface area (Å²) in [6.07, 6.45) is 2.25. The van der Waals surface area contributed by atoms with Crippen molar-refractivity contribution in [3.05, 3.63) is 129 Å². The second-order valence-electron chi connectivity index (χ2n) is 10.7. The van der Waals surface area contributed by atoms with Crippen LogP contribution in [0.15, 0.2) is 105 Å². The fraction of sp³-hybridized carbons (Fsp3) is 0.265. The molecular weight excluding hydrogens is 514 g/mol. The van der Waals surface area contributed by atoms with Crippen LogP contribution < -0.4 is 5.43 Å². The molecule has 7 heteroatoms. The number of nitriles is 1. The highest BCUT2D eigenvalue weighted by Gasteiger charge is 2.38. The van der Waals surface area contributed by atoms with Crippen molar-refractivity contribution in [3.63, 3.8) is 0 Å². The SMILES string of the molecule is CC(C)C(c1oc2cc(C#N)ccc2c(=O)c1Cc1ccccc1)N1CCN=C1C1=COC(Cc2ccccc2)O1. The van der Waals surface area contributed by atoms with Gasteiger partial charge in [-0.05, 0) is 35.2 Å². The number of benzene rings is 3. The Morgan fingerprint density at radius 3 is 2.46 bits per heavy atom. The van der Waals surface area contributed by atoms with Crippen LogP contribution in [0.2, 0.25) is 0 Å². The van der Waals surface area contributed by atoms with Gasteiger partial charge in [-0.3, -0.25) is 9.79 Å². The molecule has 0 spiro atoms. The van der Waals surface area contributed by atoms with Crippen LogP contribution in [0.4, 0.5) is 0 Å². The molecule has 0 radical (unpaired) electrons. The summed E-state index contributed by atoms with van der Waals surface area (Å²) in [5.74, 6) is 1.93. The van der Waals surface area contributed by atoms with Crippen LogP contribution in [-0.4, -0.2) is 30.1 Å². The third-order valence-corrected chi connectivity index (χ3v) is 7.53. The summed E-state index contributed by atoms with van der Waals surface area (Å²) in [6, 6.07) is 26.9. The second-order valence-corrected chi connectivity index (χ2v) is 10.7. The lowest BCUT2D eigenvalue weighted by atomic mass is 9.92. The number of amidine groups is 1. The maximum Gasteiger partial charge on any atom is 0.244 e. The molecule has 3 heterocycles. The minimum Gasteiger partial charge on any atom is -0.458 e. The number of nitrogens with zero attached hydrogens (tertiary/aromatic N) is 3. The Hall–Kier alpha value is -4.83.